The Hall–Kier alpha value is -0.150. The summed E-state index contributed by atoms with van der Waals surface area (Å²) in [5.41, 5.74) is 0. The smallest absolute Gasteiger partial charge is 0.0935 e. The SMILES string of the molecule is CC(CO)N1CC[C@@H](CF)C1. The zero-order valence-corrected chi connectivity index (χ0v) is 6.96. The molecule has 0 bridgehead atoms. The summed E-state index contributed by atoms with van der Waals surface area (Å²) in [4.78, 5) is 2.14. The molecule has 0 amide bonds. The standard InChI is InChI=1S/C8H16FNO/c1-7(6-11)10-3-2-8(4-9)5-10/h7-8,11H,2-6H2,1H3/t7?,8-/m0/s1. The molecule has 1 N–H and O–H groups in total. The second-order valence-electron chi connectivity index (χ2n) is 3.34. The lowest BCUT2D eigenvalue weighted by Gasteiger charge is -2.21. The molecular weight excluding hydrogens is 145 g/mol. The molecule has 0 radical (unpaired) electrons. The molecule has 11 heavy (non-hydrogen) atoms. The molecule has 0 aromatic rings. The minimum Gasteiger partial charge on any atom is -0.395 e. The number of hydrogen-bond acceptors (Lipinski definition) is 2. The third-order valence-corrected chi connectivity index (χ3v) is 2.42. The third-order valence-electron chi connectivity index (χ3n) is 2.42. The van der Waals surface area contributed by atoms with Gasteiger partial charge in [-0.05, 0) is 19.9 Å². The van der Waals surface area contributed by atoms with E-state index in [0.717, 1.165) is 19.5 Å². The predicted octanol–water partition coefficient (Wildman–Crippen LogP) is 0.659. The molecule has 1 aliphatic rings. The molecule has 66 valence electrons. The fourth-order valence-corrected chi connectivity index (χ4v) is 1.50. The normalized spacial score (nSPS) is 29.2. The van der Waals surface area contributed by atoms with E-state index in [4.69, 9.17) is 5.11 Å². The van der Waals surface area contributed by atoms with Gasteiger partial charge in [-0.15, -0.1) is 0 Å². The van der Waals surface area contributed by atoms with Crippen LogP contribution in [0.3, 0.4) is 0 Å². The van der Waals surface area contributed by atoms with Crippen LogP contribution in [0.4, 0.5) is 4.39 Å². The van der Waals surface area contributed by atoms with Gasteiger partial charge in [0.25, 0.3) is 0 Å². The minimum absolute atomic E-state index is 0.180. The summed E-state index contributed by atoms with van der Waals surface area (Å²) < 4.78 is 12.1. The number of likely N-dealkylation sites (tertiary alicyclic amines) is 1. The van der Waals surface area contributed by atoms with E-state index in [1.54, 1.807) is 0 Å². The Morgan fingerprint density at radius 2 is 2.45 bits per heavy atom. The number of halogens is 1. The lowest BCUT2D eigenvalue weighted by Crippen LogP contribution is -2.33. The highest BCUT2D eigenvalue weighted by molar-refractivity contribution is 4.78. The van der Waals surface area contributed by atoms with Crippen LogP contribution in [-0.2, 0) is 0 Å². The van der Waals surface area contributed by atoms with Crippen LogP contribution < -0.4 is 0 Å². The van der Waals surface area contributed by atoms with Crippen molar-refractivity contribution in [2.24, 2.45) is 5.92 Å². The van der Waals surface area contributed by atoms with Gasteiger partial charge in [-0.3, -0.25) is 9.29 Å². The molecule has 1 saturated heterocycles. The Morgan fingerprint density at radius 3 is 2.91 bits per heavy atom. The second-order valence-corrected chi connectivity index (χ2v) is 3.34. The number of hydrogen-bond donors (Lipinski definition) is 1. The summed E-state index contributed by atoms with van der Waals surface area (Å²) in [5.74, 6) is 0.212. The van der Waals surface area contributed by atoms with Crippen LogP contribution in [0, 0.1) is 5.92 Å². The van der Waals surface area contributed by atoms with Gasteiger partial charge < -0.3 is 5.11 Å². The maximum absolute atomic E-state index is 12.1. The van der Waals surface area contributed by atoms with Crippen LogP contribution in [0.15, 0.2) is 0 Å². The predicted molar refractivity (Wildman–Crippen MR) is 42.2 cm³/mol. The van der Waals surface area contributed by atoms with E-state index in [-0.39, 0.29) is 25.2 Å². The van der Waals surface area contributed by atoms with E-state index in [2.05, 4.69) is 4.90 Å². The zero-order valence-electron chi connectivity index (χ0n) is 6.96. The van der Waals surface area contributed by atoms with Gasteiger partial charge in [-0.25, -0.2) is 0 Å². The van der Waals surface area contributed by atoms with Crippen molar-refractivity contribution < 1.29 is 9.50 Å². The first-order valence-corrected chi connectivity index (χ1v) is 4.18. The van der Waals surface area contributed by atoms with Gasteiger partial charge in [-0.1, -0.05) is 0 Å². The average molecular weight is 161 g/mol. The highest BCUT2D eigenvalue weighted by Gasteiger charge is 2.25. The quantitative estimate of drug-likeness (QED) is 0.657. The molecule has 1 heterocycles. The van der Waals surface area contributed by atoms with Gasteiger partial charge >= 0.3 is 0 Å². The number of rotatable bonds is 3. The van der Waals surface area contributed by atoms with Crippen LogP contribution in [-0.4, -0.2) is 42.4 Å². The number of alkyl halides is 1. The monoisotopic (exact) mass is 161 g/mol. The zero-order chi connectivity index (χ0) is 8.27. The lowest BCUT2D eigenvalue weighted by atomic mass is 10.1. The molecule has 0 aliphatic carbocycles. The van der Waals surface area contributed by atoms with Gasteiger partial charge in [0, 0.05) is 18.5 Å². The van der Waals surface area contributed by atoms with E-state index in [1.807, 2.05) is 6.92 Å². The van der Waals surface area contributed by atoms with Crippen molar-refractivity contribution in [2.75, 3.05) is 26.4 Å². The van der Waals surface area contributed by atoms with E-state index in [0.29, 0.717) is 0 Å². The topological polar surface area (TPSA) is 23.5 Å². The first-order valence-electron chi connectivity index (χ1n) is 4.18. The average Bonchev–Trinajstić information content (AvgIpc) is 2.50. The van der Waals surface area contributed by atoms with Crippen LogP contribution >= 0.6 is 0 Å². The lowest BCUT2D eigenvalue weighted by molar-refractivity contribution is 0.152. The molecule has 1 aliphatic heterocycles. The first-order chi connectivity index (χ1) is 5.27. The molecule has 2 atom stereocenters. The Kier molecular flexibility index (Phi) is 3.27. The molecule has 1 rings (SSSR count). The first kappa shape index (κ1) is 8.94. The molecule has 2 nitrogen and oxygen atoms in total. The molecule has 0 saturated carbocycles. The minimum atomic E-state index is -0.214. The summed E-state index contributed by atoms with van der Waals surface area (Å²) in [6, 6.07) is 0.201. The Bertz CT molecular complexity index is 121. The van der Waals surface area contributed by atoms with Gasteiger partial charge in [-0.2, -0.15) is 0 Å². The molecule has 3 heteroatoms. The highest BCUT2D eigenvalue weighted by atomic mass is 19.1. The molecule has 0 spiro atoms. The van der Waals surface area contributed by atoms with Crippen molar-refractivity contribution in [1.82, 2.24) is 4.90 Å². The fraction of sp³-hybridized carbons (Fsp3) is 1.00. The Morgan fingerprint density at radius 1 is 1.73 bits per heavy atom. The van der Waals surface area contributed by atoms with Crippen molar-refractivity contribution >= 4 is 0 Å². The van der Waals surface area contributed by atoms with Crippen molar-refractivity contribution in [3.8, 4) is 0 Å². The number of nitrogens with zero attached hydrogens (tertiary/aromatic N) is 1. The van der Waals surface area contributed by atoms with Gasteiger partial charge in [0.15, 0.2) is 0 Å². The van der Waals surface area contributed by atoms with Gasteiger partial charge in [0.05, 0.1) is 13.3 Å². The van der Waals surface area contributed by atoms with E-state index >= 15 is 0 Å². The highest BCUT2D eigenvalue weighted by Crippen LogP contribution is 2.18. The third kappa shape index (κ3) is 2.14. The van der Waals surface area contributed by atoms with Gasteiger partial charge in [0.2, 0.25) is 0 Å². The summed E-state index contributed by atoms with van der Waals surface area (Å²) in [7, 11) is 0. The molecule has 0 aromatic heterocycles. The molecule has 0 aromatic carbocycles. The summed E-state index contributed by atoms with van der Waals surface area (Å²) in [6.45, 7) is 3.70. The van der Waals surface area contributed by atoms with Gasteiger partial charge in [0.1, 0.15) is 0 Å². The van der Waals surface area contributed by atoms with Crippen LogP contribution in [0.1, 0.15) is 13.3 Å². The number of aliphatic hydroxyl groups excluding tert-OH is 1. The summed E-state index contributed by atoms with van der Waals surface area (Å²) >= 11 is 0. The van der Waals surface area contributed by atoms with Crippen molar-refractivity contribution in [1.29, 1.82) is 0 Å². The van der Waals surface area contributed by atoms with Crippen LogP contribution in [0.25, 0.3) is 0 Å². The Balaban J connectivity index is 2.29. The van der Waals surface area contributed by atoms with E-state index < -0.39 is 0 Å². The van der Waals surface area contributed by atoms with Crippen LogP contribution in [0.5, 0.6) is 0 Å². The van der Waals surface area contributed by atoms with Crippen LogP contribution in [0.2, 0.25) is 0 Å². The summed E-state index contributed by atoms with van der Waals surface area (Å²) in [5, 5.41) is 8.82. The van der Waals surface area contributed by atoms with E-state index in [1.165, 1.54) is 0 Å². The Labute approximate surface area is 67.0 Å². The molecule has 1 unspecified atom stereocenters. The van der Waals surface area contributed by atoms with Crippen molar-refractivity contribution in [3.05, 3.63) is 0 Å². The maximum Gasteiger partial charge on any atom is 0.0935 e. The maximum atomic E-state index is 12.1. The second kappa shape index (κ2) is 4.02. The fourth-order valence-electron chi connectivity index (χ4n) is 1.50. The molecule has 1 fully saturated rings. The van der Waals surface area contributed by atoms with Crippen molar-refractivity contribution in [2.45, 2.75) is 19.4 Å². The number of aliphatic hydroxyl groups is 1. The summed E-state index contributed by atoms with van der Waals surface area (Å²) in [6.07, 6.45) is 0.945. The largest absolute Gasteiger partial charge is 0.395 e. The van der Waals surface area contributed by atoms with Crippen molar-refractivity contribution in [3.63, 3.8) is 0 Å². The molecular formula is C8H16FNO. The van der Waals surface area contributed by atoms with E-state index in [9.17, 15) is 4.39 Å².